The highest BCUT2D eigenvalue weighted by Crippen LogP contribution is 2.25. The maximum Gasteiger partial charge on any atom is 0.142 e. The molecule has 0 fully saturated rings. The van der Waals surface area contributed by atoms with Crippen molar-refractivity contribution in [3.8, 4) is 11.8 Å². The number of nitriles is 1. The lowest BCUT2D eigenvalue weighted by Gasteiger charge is -2.11. The number of nitrogens with two attached hydrogens (primary N) is 1. The van der Waals surface area contributed by atoms with Gasteiger partial charge in [-0.2, -0.15) is 5.26 Å². The van der Waals surface area contributed by atoms with Crippen LogP contribution in [0.2, 0.25) is 0 Å². The van der Waals surface area contributed by atoms with E-state index in [0.29, 0.717) is 22.6 Å². The fourth-order valence-electron chi connectivity index (χ4n) is 1.69. The number of aryl methyl sites for hydroxylation is 1. The van der Waals surface area contributed by atoms with E-state index in [9.17, 15) is 4.39 Å². The van der Waals surface area contributed by atoms with Gasteiger partial charge in [0.05, 0.1) is 17.3 Å². The summed E-state index contributed by atoms with van der Waals surface area (Å²) in [5, 5.41) is 8.79. The van der Waals surface area contributed by atoms with Crippen molar-refractivity contribution in [3.63, 3.8) is 0 Å². The van der Waals surface area contributed by atoms with E-state index in [1.54, 1.807) is 6.07 Å². The second-order valence-corrected chi connectivity index (χ2v) is 4.19. The number of ether oxygens (including phenoxy) is 1. The number of nitrogen functional groups attached to an aromatic ring is 1. The molecule has 0 saturated carbocycles. The van der Waals surface area contributed by atoms with Gasteiger partial charge in [0.25, 0.3) is 0 Å². The average Bonchev–Trinajstić information content (AvgIpc) is 2.42. The SMILES string of the molecule is Cc1cccc(OCc2cc(C#N)ccc2F)c1N. The molecule has 3 nitrogen and oxygen atoms in total. The van der Waals surface area contributed by atoms with E-state index in [-0.39, 0.29) is 6.61 Å². The summed E-state index contributed by atoms with van der Waals surface area (Å²) in [6, 6.07) is 11.6. The number of rotatable bonds is 3. The van der Waals surface area contributed by atoms with Crippen LogP contribution in [0.25, 0.3) is 0 Å². The van der Waals surface area contributed by atoms with Crippen LogP contribution in [0.4, 0.5) is 10.1 Å². The van der Waals surface area contributed by atoms with Crippen molar-refractivity contribution in [1.29, 1.82) is 5.26 Å². The molecule has 2 aromatic rings. The van der Waals surface area contributed by atoms with Gasteiger partial charge in [-0.15, -0.1) is 0 Å². The third kappa shape index (κ3) is 2.83. The van der Waals surface area contributed by atoms with E-state index in [4.69, 9.17) is 15.7 Å². The van der Waals surface area contributed by atoms with E-state index in [1.165, 1.54) is 18.2 Å². The van der Waals surface area contributed by atoms with Gasteiger partial charge in [-0.1, -0.05) is 12.1 Å². The largest absolute Gasteiger partial charge is 0.487 e. The predicted octanol–water partition coefficient (Wildman–Crippen LogP) is 3.17. The van der Waals surface area contributed by atoms with Crippen LogP contribution in [0, 0.1) is 24.1 Å². The zero-order valence-electron chi connectivity index (χ0n) is 10.5. The van der Waals surface area contributed by atoms with Crippen molar-refractivity contribution in [2.24, 2.45) is 0 Å². The first-order chi connectivity index (χ1) is 9.11. The Labute approximate surface area is 111 Å². The van der Waals surface area contributed by atoms with E-state index < -0.39 is 5.82 Å². The van der Waals surface area contributed by atoms with Crippen molar-refractivity contribution in [1.82, 2.24) is 0 Å². The Morgan fingerprint density at radius 2 is 2.11 bits per heavy atom. The van der Waals surface area contributed by atoms with Gasteiger partial charge >= 0.3 is 0 Å². The highest BCUT2D eigenvalue weighted by molar-refractivity contribution is 5.57. The van der Waals surface area contributed by atoms with Crippen LogP contribution in [0.5, 0.6) is 5.75 Å². The van der Waals surface area contributed by atoms with Gasteiger partial charge in [0.1, 0.15) is 18.2 Å². The Morgan fingerprint density at radius 3 is 2.84 bits per heavy atom. The van der Waals surface area contributed by atoms with Crippen molar-refractivity contribution in [3.05, 3.63) is 58.9 Å². The number of hydrogen-bond acceptors (Lipinski definition) is 3. The lowest BCUT2D eigenvalue weighted by Crippen LogP contribution is -2.02. The van der Waals surface area contributed by atoms with Crippen LogP contribution in [0.15, 0.2) is 36.4 Å². The Morgan fingerprint density at radius 1 is 1.32 bits per heavy atom. The summed E-state index contributed by atoms with van der Waals surface area (Å²) >= 11 is 0. The minimum absolute atomic E-state index is 0.0367. The number of hydrogen-bond donors (Lipinski definition) is 1. The molecule has 0 aromatic heterocycles. The Bertz CT molecular complexity index is 647. The second kappa shape index (κ2) is 5.40. The van der Waals surface area contributed by atoms with Gasteiger partial charge in [0.2, 0.25) is 0 Å². The lowest BCUT2D eigenvalue weighted by atomic mass is 10.1. The van der Waals surface area contributed by atoms with Crippen LogP contribution < -0.4 is 10.5 Å². The van der Waals surface area contributed by atoms with E-state index >= 15 is 0 Å². The summed E-state index contributed by atoms with van der Waals surface area (Å²) in [4.78, 5) is 0. The van der Waals surface area contributed by atoms with E-state index in [1.807, 2.05) is 25.1 Å². The summed E-state index contributed by atoms with van der Waals surface area (Å²) in [5.74, 6) is 0.118. The maximum atomic E-state index is 13.6. The van der Waals surface area contributed by atoms with E-state index in [0.717, 1.165) is 5.56 Å². The molecule has 0 aliphatic rings. The second-order valence-electron chi connectivity index (χ2n) is 4.19. The Balaban J connectivity index is 2.19. The number of nitrogens with zero attached hydrogens (tertiary/aromatic N) is 1. The van der Waals surface area contributed by atoms with Crippen LogP contribution in [-0.4, -0.2) is 0 Å². The predicted molar refractivity (Wildman–Crippen MR) is 71.0 cm³/mol. The molecular weight excluding hydrogens is 243 g/mol. The molecule has 2 aromatic carbocycles. The van der Waals surface area contributed by atoms with E-state index in [2.05, 4.69) is 0 Å². The van der Waals surface area contributed by atoms with Crippen molar-refractivity contribution < 1.29 is 9.13 Å². The molecule has 0 atom stereocenters. The summed E-state index contributed by atoms with van der Waals surface area (Å²) < 4.78 is 19.1. The molecule has 19 heavy (non-hydrogen) atoms. The monoisotopic (exact) mass is 256 g/mol. The van der Waals surface area contributed by atoms with Gasteiger partial charge in [0, 0.05) is 5.56 Å². The van der Waals surface area contributed by atoms with Gasteiger partial charge in [-0.3, -0.25) is 0 Å². The zero-order valence-corrected chi connectivity index (χ0v) is 10.5. The van der Waals surface area contributed by atoms with Crippen LogP contribution in [0.3, 0.4) is 0 Å². The molecule has 0 unspecified atom stereocenters. The summed E-state index contributed by atoms with van der Waals surface area (Å²) in [7, 11) is 0. The van der Waals surface area contributed by atoms with Gasteiger partial charge in [-0.25, -0.2) is 4.39 Å². The smallest absolute Gasteiger partial charge is 0.142 e. The summed E-state index contributed by atoms with van der Waals surface area (Å²) in [5.41, 5.74) is 8.05. The van der Waals surface area contributed by atoms with Crippen LogP contribution in [0.1, 0.15) is 16.7 Å². The molecule has 2 rings (SSSR count). The Kier molecular flexibility index (Phi) is 3.67. The van der Waals surface area contributed by atoms with Crippen molar-refractivity contribution >= 4 is 5.69 Å². The first-order valence-corrected chi connectivity index (χ1v) is 5.78. The summed E-state index contributed by atoms with van der Waals surface area (Å²) in [6.07, 6.45) is 0. The first kappa shape index (κ1) is 12.9. The standard InChI is InChI=1S/C15H13FN2O/c1-10-3-2-4-14(15(10)18)19-9-12-7-11(8-17)5-6-13(12)16/h2-7H,9,18H2,1H3. The molecule has 0 aliphatic heterocycles. The van der Waals surface area contributed by atoms with Crippen LogP contribution >= 0.6 is 0 Å². The molecule has 2 N–H and O–H groups in total. The number of anilines is 1. The quantitative estimate of drug-likeness (QED) is 0.858. The topological polar surface area (TPSA) is 59.0 Å². The minimum Gasteiger partial charge on any atom is -0.487 e. The normalized spacial score (nSPS) is 9.95. The first-order valence-electron chi connectivity index (χ1n) is 5.78. The molecule has 4 heteroatoms. The fraction of sp³-hybridized carbons (Fsp3) is 0.133. The molecule has 0 aliphatic carbocycles. The zero-order chi connectivity index (χ0) is 13.8. The Hall–Kier alpha value is -2.54. The average molecular weight is 256 g/mol. The lowest BCUT2D eigenvalue weighted by molar-refractivity contribution is 0.301. The summed E-state index contributed by atoms with van der Waals surface area (Å²) in [6.45, 7) is 1.91. The molecule has 0 saturated heterocycles. The molecule has 96 valence electrons. The molecule has 0 bridgehead atoms. The van der Waals surface area contributed by atoms with Gasteiger partial charge < -0.3 is 10.5 Å². The van der Waals surface area contributed by atoms with Crippen molar-refractivity contribution in [2.45, 2.75) is 13.5 Å². The number of halogens is 1. The molecule has 0 heterocycles. The van der Waals surface area contributed by atoms with Crippen molar-refractivity contribution in [2.75, 3.05) is 5.73 Å². The minimum atomic E-state index is -0.398. The highest BCUT2D eigenvalue weighted by Gasteiger charge is 2.07. The van der Waals surface area contributed by atoms with Crippen LogP contribution in [-0.2, 0) is 6.61 Å². The number of benzene rings is 2. The highest BCUT2D eigenvalue weighted by atomic mass is 19.1. The number of para-hydroxylation sites is 1. The maximum absolute atomic E-state index is 13.6. The third-order valence-corrected chi connectivity index (χ3v) is 2.84. The molecule has 0 radical (unpaired) electrons. The van der Waals surface area contributed by atoms with Gasteiger partial charge in [0.15, 0.2) is 0 Å². The molecule has 0 spiro atoms. The molecular formula is C15H13FN2O. The van der Waals surface area contributed by atoms with Gasteiger partial charge in [-0.05, 0) is 36.8 Å². The third-order valence-electron chi connectivity index (χ3n) is 2.84. The molecule has 0 amide bonds. The fourth-order valence-corrected chi connectivity index (χ4v) is 1.69.